The average molecular weight is 746 g/mol. The molecule has 1 aromatic carbocycles. The molecule has 5 heterocycles. The van der Waals surface area contributed by atoms with Gasteiger partial charge < -0.3 is 35.1 Å². The third-order valence-electron chi connectivity index (χ3n) is 8.84. The molecular weight excluding hydrogens is 709 g/mol. The van der Waals surface area contributed by atoms with E-state index in [-0.39, 0.29) is 57.0 Å². The number of likely N-dealkylation sites (N-methyl/N-ethyl adjacent to an activating group) is 1. The van der Waals surface area contributed by atoms with Gasteiger partial charge >= 0.3 is 6.18 Å². The molecule has 19 heteroatoms. The molecular formula is C33H37ClF3N10O5+. The number of quaternary nitrogens is 1. The van der Waals surface area contributed by atoms with Crippen molar-refractivity contribution >= 4 is 47.2 Å². The van der Waals surface area contributed by atoms with Gasteiger partial charge in [0, 0.05) is 58.0 Å². The number of rotatable bonds is 7. The van der Waals surface area contributed by atoms with E-state index in [4.69, 9.17) is 22.1 Å². The molecule has 0 bridgehead atoms. The van der Waals surface area contributed by atoms with Crippen LogP contribution in [-0.4, -0.2) is 111 Å². The van der Waals surface area contributed by atoms with Crippen LogP contribution in [0.3, 0.4) is 0 Å². The van der Waals surface area contributed by atoms with E-state index in [1.54, 1.807) is 4.90 Å². The number of carbonyl (C=O) groups is 4. The van der Waals surface area contributed by atoms with E-state index < -0.39 is 17.8 Å². The number of halogens is 4. The van der Waals surface area contributed by atoms with Crippen molar-refractivity contribution in [2.45, 2.75) is 25.1 Å². The van der Waals surface area contributed by atoms with Crippen LogP contribution in [0.1, 0.15) is 39.5 Å². The first-order valence-corrected chi connectivity index (χ1v) is 16.5. The zero-order chi connectivity index (χ0) is 37.7. The van der Waals surface area contributed by atoms with Crippen molar-refractivity contribution in [3.05, 3.63) is 71.0 Å². The molecule has 2 saturated heterocycles. The number of nitrogens with two attached hydrogens (primary N) is 1. The minimum absolute atomic E-state index is 0.00791. The highest BCUT2D eigenvalue weighted by Crippen LogP contribution is 2.37. The number of carbonyl (C=O) groups excluding carboxylic acids is 4. The fourth-order valence-corrected chi connectivity index (χ4v) is 6.37. The van der Waals surface area contributed by atoms with Gasteiger partial charge in [0.15, 0.2) is 23.4 Å². The number of hydrogen-bond acceptors (Lipinski definition) is 9. The van der Waals surface area contributed by atoms with Crippen LogP contribution in [0, 0.1) is 0 Å². The highest BCUT2D eigenvalue weighted by atomic mass is 35.5. The lowest BCUT2D eigenvalue weighted by Crippen LogP contribution is -3.12. The average Bonchev–Trinajstić information content (AvgIpc) is 3.86. The molecule has 15 nitrogen and oxygen atoms in total. The number of likely N-dealkylation sites (tertiary alicyclic amines) is 1. The first kappa shape index (κ1) is 37.8. The van der Waals surface area contributed by atoms with Crippen LogP contribution >= 0.6 is 11.6 Å². The van der Waals surface area contributed by atoms with E-state index >= 15 is 0 Å². The van der Waals surface area contributed by atoms with Gasteiger partial charge in [-0.3, -0.25) is 19.2 Å². The maximum absolute atomic E-state index is 14.0. The van der Waals surface area contributed by atoms with Crippen LogP contribution in [0.2, 0.25) is 5.02 Å². The highest BCUT2D eigenvalue weighted by Gasteiger charge is 2.39. The van der Waals surface area contributed by atoms with Crippen molar-refractivity contribution in [2.75, 3.05) is 57.9 Å². The molecule has 0 spiro atoms. The lowest BCUT2D eigenvalue weighted by molar-refractivity contribution is -0.882. The zero-order valence-electron chi connectivity index (χ0n) is 28.5. The minimum atomic E-state index is -4.81. The van der Waals surface area contributed by atoms with Crippen LogP contribution in [0.4, 0.5) is 24.5 Å². The summed E-state index contributed by atoms with van der Waals surface area (Å²) < 4.78 is 48.0. The second-order valence-corrected chi connectivity index (χ2v) is 12.6. The first-order chi connectivity index (χ1) is 24.7. The van der Waals surface area contributed by atoms with Crippen molar-refractivity contribution in [3.63, 3.8) is 0 Å². The Morgan fingerprint density at radius 3 is 2.35 bits per heavy atom. The Morgan fingerprint density at radius 1 is 1.08 bits per heavy atom. The van der Waals surface area contributed by atoms with E-state index in [9.17, 15) is 27.6 Å². The van der Waals surface area contributed by atoms with E-state index in [1.807, 2.05) is 11.9 Å². The van der Waals surface area contributed by atoms with E-state index in [2.05, 4.69) is 25.1 Å². The van der Waals surface area contributed by atoms with Gasteiger partial charge in [0.05, 0.1) is 60.6 Å². The molecule has 3 aromatic heterocycles. The van der Waals surface area contributed by atoms with Gasteiger partial charge in [0.1, 0.15) is 0 Å². The van der Waals surface area contributed by atoms with Gasteiger partial charge in [-0.2, -0.15) is 18.3 Å². The lowest BCUT2D eigenvalue weighted by Gasteiger charge is -2.36. The maximum Gasteiger partial charge on any atom is 0.435 e. The number of aromatic nitrogens is 5. The van der Waals surface area contributed by atoms with Crippen LogP contribution in [0.25, 0.3) is 17.1 Å². The number of anilines is 2. The molecule has 276 valence electrons. The monoisotopic (exact) mass is 745 g/mol. The molecule has 52 heavy (non-hydrogen) atoms. The summed E-state index contributed by atoms with van der Waals surface area (Å²) in [6, 6.07) is 7.30. The van der Waals surface area contributed by atoms with Crippen LogP contribution in [-0.2, 0) is 27.5 Å². The molecule has 2 aliphatic heterocycles. The number of nitrogens with zero attached hydrogens (tertiary/aromatic N) is 7. The van der Waals surface area contributed by atoms with Gasteiger partial charge in [-0.25, -0.2) is 14.6 Å². The molecule has 6 rings (SSSR count). The van der Waals surface area contributed by atoms with Gasteiger partial charge in [0.2, 0.25) is 0 Å². The molecule has 4 N–H and O–H groups in total. The van der Waals surface area contributed by atoms with E-state index in [0.29, 0.717) is 38.3 Å². The number of amides is 3. The molecule has 3 amide bonds. The molecule has 0 radical (unpaired) electrons. The number of piperazine rings is 1. The largest absolute Gasteiger partial charge is 0.471 e. The molecule has 4 aromatic rings. The minimum Gasteiger partial charge on any atom is -0.471 e. The van der Waals surface area contributed by atoms with Crippen molar-refractivity contribution < 1.29 is 42.0 Å². The number of nitrogen functional groups attached to an aromatic ring is 1. The summed E-state index contributed by atoms with van der Waals surface area (Å²) >= 11 is 6.48. The number of methoxy groups -OCH3 is 1. The number of ether oxygens (including phenoxy) is 1. The predicted molar refractivity (Wildman–Crippen MR) is 183 cm³/mol. The number of nitrogens with one attached hydrogen (secondary N) is 2. The molecule has 2 atom stereocenters. The second kappa shape index (κ2) is 15.8. The fraction of sp³-hybridized carbons (Fsp3) is 0.364. The summed E-state index contributed by atoms with van der Waals surface area (Å²) in [5.74, 6) is -0.939. The molecule has 0 saturated carbocycles. The van der Waals surface area contributed by atoms with Crippen LogP contribution < -0.4 is 16.0 Å². The van der Waals surface area contributed by atoms with Gasteiger partial charge in [0.25, 0.3) is 24.2 Å². The third-order valence-corrected chi connectivity index (χ3v) is 9.16. The summed E-state index contributed by atoms with van der Waals surface area (Å²) in [5.41, 5.74) is 4.97. The normalized spacial score (nSPS) is 17.3. The smallest absolute Gasteiger partial charge is 0.435 e. The number of pyridine rings is 1. The van der Waals surface area contributed by atoms with Crippen molar-refractivity contribution in [1.82, 2.24) is 34.1 Å². The predicted octanol–water partition coefficient (Wildman–Crippen LogP) is 1.93. The Labute approximate surface area is 301 Å². The molecule has 2 aliphatic rings. The molecule has 0 aliphatic carbocycles. The fourth-order valence-electron chi connectivity index (χ4n) is 6.11. The van der Waals surface area contributed by atoms with Gasteiger partial charge in [-0.1, -0.05) is 11.6 Å². The van der Waals surface area contributed by atoms with Gasteiger partial charge in [-0.05, 0) is 30.3 Å². The Bertz CT molecular complexity index is 1940. The third kappa shape index (κ3) is 8.18. The van der Waals surface area contributed by atoms with Crippen molar-refractivity contribution in [3.8, 4) is 17.1 Å². The van der Waals surface area contributed by atoms with Crippen LogP contribution in [0.15, 0.2) is 48.9 Å². The standard InChI is InChI=1S/C31H32ClF3N10O3.C2H4O2/c1-41-9-3-4-23(41)30(48)44-12-10-43(11-13-44)29(47)20-7-6-19(14-22(20)32)39-28(46)27-38-16-24(42(27)2)21-17-45(40-26(21)31(33,34)35)25-8-5-18(36)15-37-25;1-4-2-3/h5-8,14-17,23H,3-4,9-13,36H2,1-2H3,(H,39,46);2H,1H3/p+1/t23-;/m0./s1. The second-order valence-electron chi connectivity index (χ2n) is 12.2. The highest BCUT2D eigenvalue weighted by molar-refractivity contribution is 6.34. The van der Waals surface area contributed by atoms with E-state index in [1.165, 1.54) is 60.2 Å². The Kier molecular flexibility index (Phi) is 11.5. The van der Waals surface area contributed by atoms with Crippen molar-refractivity contribution in [2.24, 2.45) is 7.05 Å². The Morgan fingerprint density at radius 2 is 1.77 bits per heavy atom. The Balaban J connectivity index is 0.00000124. The van der Waals surface area contributed by atoms with Gasteiger partial charge in [-0.15, -0.1) is 0 Å². The summed E-state index contributed by atoms with van der Waals surface area (Å²) in [7, 11) is 4.75. The molecule has 1 unspecified atom stereocenters. The first-order valence-electron chi connectivity index (χ1n) is 16.1. The summed E-state index contributed by atoms with van der Waals surface area (Å²) in [4.78, 5) is 61.1. The summed E-state index contributed by atoms with van der Waals surface area (Å²) in [5, 5.41) is 6.44. The van der Waals surface area contributed by atoms with Crippen molar-refractivity contribution in [1.29, 1.82) is 0 Å². The quantitative estimate of drug-likeness (QED) is 0.239. The van der Waals surface area contributed by atoms with E-state index in [0.717, 1.165) is 36.5 Å². The zero-order valence-corrected chi connectivity index (χ0v) is 29.2. The maximum atomic E-state index is 14.0. The lowest BCUT2D eigenvalue weighted by atomic mass is 10.1. The summed E-state index contributed by atoms with van der Waals surface area (Å²) in [6.07, 6.45) is 0.691. The Hall–Kier alpha value is -5.49. The number of alkyl halides is 3. The van der Waals surface area contributed by atoms with Crippen LogP contribution in [0.5, 0.6) is 0 Å². The molecule has 2 fully saturated rings. The number of hydrogen-bond donors (Lipinski definition) is 3. The number of benzene rings is 1. The SMILES string of the molecule is COC=O.Cn1c(-c2cn(-c3ccc(N)cn3)nc2C(F)(F)F)cnc1C(=O)Nc1ccc(C(=O)N2CCN(C(=O)[C@@H]3CCC[NH+]3C)CC2)c(Cl)c1. The number of imidazole rings is 1. The topological polar surface area (TPSA) is 175 Å². The summed E-state index contributed by atoms with van der Waals surface area (Å²) in [6.45, 7) is 2.98.